The van der Waals surface area contributed by atoms with Gasteiger partial charge in [0, 0.05) is 25.6 Å². The van der Waals surface area contributed by atoms with Crippen molar-refractivity contribution in [3.05, 3.63) is 0 Å². The van der Waals surface area contributed by atoms with Gasteiger partial charge in [-0.15, -0.1) is 0 Å². The van der Waals surface area contributed by atoms with E-state index in [0.29, 0.717) is 19.6 Å². The molecule has 1 aliphatic rings. The van der Waals surface area contributed by atoms with E-state index in [4.69, 9.17) is 14.6 Å². The molecule has 0 aromatic rings. The lowest BCUT2D eigenvalue weighted by Crippen LogP contribution is -2.61. The quantitative estimate of drug-likeness (QED) is 0.634. The molecule has 0 aromatic carbocycles. The Morgan fingerprint density at radius 3 is 2.27 bits per heavy atom. The van der Waals surface area contributed by atoms with Gasteiger partial charge < -0.3 is 19.7 Å². The molecule has 2 atom stereocenters. The van der Waals surface area contributed by atoms with Gasteiger partial charge in [0.1, 0.15) is 0 Å². The zero-order chi connectivity index (χ0) is 11.5. The zero-order valence-corrected chi connectivity index (χ0v) is 9.10. The molecule has 15 heavy (non-hydrogen) atoms. The van der Waals surface area contributed by atoms with Gasteiger partial charge in [-0.3, -0.25) is 4.79 Å². The fourth-order valence-corrected chi connectivity index (χ4v) is 2.13. The number of hydrogen-bond donors (Lipinski definition) is 2. The highest BCUT2D eigenvalue weighted by atomic mass is 16.7. The molecule has 88 valence electrons. The first-order chi connectivity index (χ1) is 7.11. The lowest BCUT2D eigenvalue weighted by molar-refractivity contribution is -0.331. The molecule has 0 spiro atoms. The third kappa shape index (κ3) is 2.14. The Balaban J connectivity index is 2.71. The second kappa shape index (κ2) is 4.92. The van der Waals surface area contributed by atoms with Crippen LogP contribution in [0.25, 0.3) is 0 Å². The van der Waals surface area contributed by atoms with Crippen molar-refractivity contribution in [3.8, 4) is 0 Å². The number of aliphatic hydroxyl groups excluding tert-OH is 1. The van der Waals surface area contributed by atoms with Crippen LogP contribution in [0.4, 0.5) is 0 Å². The van der Waals surface area contributed by atoms with Crippen LogP contribution in [0.2, 0.25) is 0 Å². The van der Waals surface area contributed by atoms with Crippen LogP contribution in [0.1, 0.15) is 20.3 Å². The topological polar surface area (TPSA) is 76.0 Å². The van der Waals surface area contributed by atoms with Crippen molar-refractivity contribution in [3.63, 3.8) is 0 Å². The predicted octanol–water partition coefficient (Wildman–Crippen LogP) is 0.469. The zero-order valence-electron chi connectivity index (χ0n) is 9.10. The van der Waals surface area contributed by atoms with Crippen molar-refractivity contribution in [2.75, 3.05) is 19.8 Å². The third-order valence-corrected chi connectivity index (χ3v) is 2.85. The summed E-state index contributed by atoms with van der Waals surface area (Å²) in [6, 6.07) is 0. The molecule has 1 fully saturated rings. The number of carbonyl (C=O) groups is 1. The smallest absolute Gasteiger partial charge is 0.307 e. The minimum atomic E-state index is -0.899. The molecule has 0 radical (unpaired) electrons. The second-order valence-electron chi connectivity index (χ2n) is 3.62. The Bertz CT molecular complexity index is 222. The maximum atomic E-state index is 10.8. The Kier molecular flexibility index (Phi) is 4.07. The van der Waals surface area contributed by atoms with Crippen molar-refractivity contribution in [2.45, 2.75) is 26.1 Å². The third-order valence-electron chi connectivity index (χ3n) is 2.85. The molecule has 0 amide bonds. The second-order valence-corrected chi connectivity index (χ2v) is 3.62. The van der Waals surface area contributed by atoms with E-state index in [1.807, 2.05) is 13.8 Å². The van der Waals surface area contributed by atoms with Crippen molar-refractivity contribution in [1.29, 1.82) is 0 Å². The first-order valence-corrected chi connectivity index (χ1v) is 5.22. The first-order valence-electron chi connectivity index (χ1n) is 5.22. The highest BCUT2D eigenvalue weighted by Gasteiger charge is 2.58. The van der Waals surface area contributed by atoms with Crippen LogP contribution >= 0.6 is 0 Å². The highest BCUT2D eigenvalue weighted by Crippen LogP contribution is 2.47. The van der Waals surface area contributed by atoms with E-state index in [1.54, 1.807) is 0 Å². The molecule has 0 bridgehead atoms. The number of hydrogen-bond acceptors (Lipinski definition) is 4. The highest BCUT2D eigenvalue weighted by molar-refractivity contribution is 5.72. The summed E-state index contributed by atoms with van der Waals surface area (Å²) in [5.41, 5.74) is 0. The first kappa shape index (κ1) is 12.4. The lowest BCUT2D eigenvalue weighted by Gasteiger charge is -2.51. The molecule has 2 N–H and O–H groups in total. The Morgan fingerprint density at radius 1 is 1.40 bits per heavy atom. The lowest BCUT2D eigenvalue weighted by atomic mass is 9.68. The van der Waals surface area contributed by atoms with Gasteiger partial charge in [-0.05, 0) is 13.8 Å². The molecule has 1 rings (SSSR count). The van der Waals surface area contributed by atoms with E-state index in [2.05, 4.69) is 0 Å². The van der Waals surface area contributed by atoms with Gasteiger partial charge in [0.15, 0.2) is 5.79 Å². The molecule has 0 aromatic heterocycles. The van der Waals surface area contributed by atoms with Crippen LogP contribution in [0, 0.1) is 11.8 Å². The summed E-state index contributed by atoms with van der Waals surface area (Å²) in [7, 11) is 0. The van der Waals surface area contributed by atoms with E-state index < -0.39 is 23.6 Å². The summed E-state index contributed by atoms with van der Waals surface area (Å²) in [6.07, 6.45) is 0.315. The van der Waals surface area contributed by atoms with E-state index in [0.717, 1.165) is 0 Å². The van der Waals surface area contributed by atoms with E-state index in [-0.39, 0.29) is 6.61 Å². The molecule has 0 aliphatic heterocycles. The van der Waals surface area contributed by atoms with Gasteiger partial charge >= 0.3 is 5.97 Å². The van der Waals surface area contributed by atoms with Gasteiger partial charge in [0.25, 0.3) is 0 Å². The van der Waals surface area contributed by atoms with Gasteiger partial charge in [-0.25, -0.2) is 0 Å². The van der Waals surface area contributed by atoms with Crippen LogP contribution in [0.3, 0.4) is 0 Å². The van der Waals surface area contributed by atoms with Gasteiger partial charge in [-0.1, -0.05) is 0 Å². The van der Waals surface area contributed by atoms with Gasteiger partial charge in [-0.2, -0.15) is 0 Å². The molecule has 1 aliphatic carbocycles. The SMILES string of the molecule is CCOC1(OCC)C[C@@H](C(=O)O)[C@@H]1CO. The maximum Gasteiger partial charge on any atom is 0.307 e. The Morgan fingerprint density at radius 2 is 1.93 bits per heavy atom. The summed E-state index contributed by atoms with van der Waals surface area (Å²) in [6.45, 7) is 4.31. The van der Waals surface area contributed by atoms with E-state index in [1.165, 1.54) is 0 Å². The number of ether oxygens (including phenoxy) is 2. The molecular formula is C10H18O5. The van der Waals surface area contributed by atoms with Crippen molar-refractivity contribution >= 4 is 5.97 Å². The van der Waals surface area contributed by atoms with Crippen molar-refractivity contribution in [1.82, 2.24) is 0 Å². The fraction of sp³-hybridized carbons (Fsp3) is 0.900. The predicted molar refractivity (Wildman–Crippen MR) is 52.3 cm³/mol. The average Bonchev–Trinajstić information content (AvgIpc) is 2.14. The standard InChI is InChI=1S/C10H18O5/c1-3-14-10(15-4-2)5-7(9(12)13)8(10)6-11/h7-8,11H,3-6H2,1-2H3,(H,12,13)/t7-,8+/m1/s1. The van der Waals surface area contributed by atoms with E-state index >= 15 is 0 Å². The molecule has 0 unspecified atom stereocenters. The van der Waals surface area contributed by atoms with Crippen LogP contribution < -0.4 is 0 Å². The average molecular weight is 218 g/mol. The fourth-order valence-electron chi connectivity index (χ4n) is 2.13. The van der Waals surface area contributed by atoms with Gasteiger partial charge in [0.05, 0.1) is 12.5 Å². The molecular weight excluding hydrogens is 200 g/mol. The molecule has 0 heterocycles. The monoisotopic (exact) mass is 218 g/mol. The summed E-state index contributed by atoms with van der Waals surface area (Å²) in [5.74, 6) is -2.81. The van der Waals surface area contributed by atoms with Crippen molar-refractivity contribution < 1.29 is 24.5 Å². The summed E-state index contributed by atoms with van der Waals surface area (Å²) >= 11 is 0. The Hall–Kier alpha value is -0.650. The number of aliphatic hydroxyl groups is 1. The Labute approximate surface area is 89.0 Å². The van der Waals surface area contributed by atoms with Crippen molar-refractivity contribution in [2.24, 2.45) is 11.8 Å². The summed E-state index contributed by atoms with van der Waals surface area (Å²) in [5, 5.41) is 18.1. The largest absolute Gasteiger partial charge is 0.481 e. The van der Waals surface area contributed by atoms with Crippen LogP contribution in [0.5, 0.6) is 0 Å². The minimum absolute atomic E-state index is 0.225. The van der Waals surface area contributed by atoms with Crippen LogP contribution in [-0.4, -0.2) is 41.8 Å². The van der Waals surface area contributed by atoms with Crippen LogP contribution in [-0.2, 0) is 14.3 Å². The van der Waals surface area contributed by atoms with Crippen LogP contribution in [0.15, 0.2) is 0 Å². The number of aliphatic carboxylic acids is 1. The number of rotatable bonds is 6. The number of carboxylic acids is 1. The summed E-state index contributed by atoms with van der Waals surface area (Å²) in [4.78, 5) is 10.8. The van der Waals surface area contributed by atoms with E-state index in [9.17, 15) is 9.90 Å². The van der Waals surface area contributed by atoms with Gasteiger partial charge in [0.2, 0.25) is 0 Å². The minimum Gasteiger partial charge on any atom is -0.481 e. The molecule has 5 heteroatoms. The summed E-state index contributed by atoms with van der Waals surface area (Å²) < 4.78 is 10.9. The molecule has 0 saturated heterocycles. The normalized spacial score (nSPS) is 28.5. The maximum absolute atomic E-state index is 10.8. The molecule has 5 nitrogen and oxygen atoms in total. The molecule has 1 saturated carbocycles. The number of carboxylic acid groups (broad SMARTS) is 1.